The normalized spacial score (nSPS) is 10.6. The standard InChI is InChI=1S/C18H19N3O3S/c1-11-5-7-15(21(11)2)18-20-14(10-25-18)17(22)19-13-9-12(23-3)6-8-16(13)24-4/h5-10H,1-4H3,(H,19,22). The van der Waals surface area contributed by atoms with Gasteiger partial charge in [0.05, 0.1) is 25.6 Å². The van der Waals surface area contributed by atoms with Gasteiger partial charge in [-0.05, 0) is 31.2 Å². The first kappa shape index (κ1) is 17.0. The summed E-state index contributed by atoms with van der Waals surface area (Å²) in [5.41, 5.74) is 3.03. The number of methoxy groups -OCH3 is 2. The molecule has 0 aliphatic carbocycles. The summed E-state index contributed by atoms with van der Waals surface area (Å²) in [7, 11) is 5.10. The Kier molecular flexibility index (Phi) is 4.76. The number of hydrogen-bond acceptors (Lipinski definition) is 5. The molecule has 0 bridgehead atoms. The number of aryl methyl sites for hydroxylation is 1. The van der Waals surface area contributed by atoms with E-state index in [0.29, 0.717) is 22.9 Å². The molecule has 0 fully saturated rings. The number of nitrogens with one attached hydrogen (secondary N) is 1. The van der Waals surface area contributed by atoms with Gasteiger partial charge in [-0.15, -0.1) is 11.3 Å². The molecule has 2 heterocycles. The molecule has 2 aromatic heterocycles. The van der Waals surface area contributed by atoms with Crippen LogP contribution in [0.2, 0.25) is 0 Å². The summed E-state index contributed by atoms with van der Waals surface area (Å²) in [5, 5.41) is 5.38. The van der Waals surface area contributed by atoms with Crippen molar-refractivity contribution in [2.45, 2.75) is 6.92 Å². The van der Waals surface area contributed by atoms with Crippen molar-refractivity contribution >= 4 is 22.9 Å². The molecule has 130 valence electrons. The number of carbonyl (C=O) groups is 1. The maximum Gasteiger partial charge on any atom is 0.275 e. The lowest BCUT2D eigenvalue weighted by Crippen LogP contribution is -2.13. The Bertz CT molecular complexity index is 914. The number of carbonyl (C=O) groups excluding carboxylic acids is 1. The lowest BCUT2D eigenvalue weighted by molar-refractivity contribution is 0.102. The Hall–Kier alpha value is -2.80. The van der Waals surface area contributed by atoms with Crippen molar-refractivity contribution < 1.29 is 14.3 Å². The first-order valence-corrected chi connectivity index (χ1v) is 8.53. The Morgan fingerprint density at radius 1 is 1.20 bits per heavy atom. The van der Waals surface area contributed by atoms with Crippen molar-refractivity contribution in [2.24, 2.45) is 7.05 Å². The molecule has 7 heteroatoms. The van der Waals surface area contributed by atoms with Crippen LogP contribution in [0, 0.1) is 6.92 Å². The first-order chi connectivity index (χ1) is 12.0. The molecule has 0 saturated carbocycles. The summed E-state index contributed by atoms with van der Waals surface area (Å²) in [5.74, 6) is 0.900. The SMILES string of the molecule is COc1ccc(OC)c(NC(=O)c2csc(-c3ccc(C)n3C)n2)c1. The highest BCUT2D eigenvalue weighted by molar-refractivity contribution is 7.13. The third-order valence-electron chi connectivity index (χ3n) is 3.98. The van der Waals surface area contributed by atoms with Gasteiger partial charge in [0.1, 0.15) is 22.2 Å². The number of benzene rings is 1. The fourth-order valence-electron chi connectivity index (χ4n) is 2.42. The van der Waals surface area contributed by atoms with Crippen LogP contribution in [0.15, 0.2) is 35.7 Å². The van der Waals surface area contributed by atoms with Crippen molar-refractivity contribution in [1.82, 2.24) is 9.55 Å². The van der Waals surface area contributed by atoms with Gasteiger partial charge in [-0.25, -0.2) is 4.98 Å². The van der Waals surface area contributed by atoms with Gasteiger partial charge in [0, 0.05) is 24.2 Å². The minimum atomic E-state index is -0.292. The third kappa shape index (κ3) is 3.36. The number of ether oxygens (including phenoxy) is 2. The van der Waals surface area contributed by atoms with Crippen molar-refractivity contribution in [3.05, 3.63) is 47.1 Å². The topological polar surface area (TPSA) is 65.4 Å². The number of thiazole rings is 1. The van der Waals surface area contributed by atoms with Gasteiger partial charge < -0.3 is 19.4 Å². The largest absolute Gasteiger partial charge is 0.497 e. The van der Waals surface area contributed by atoms with Crippen molar-refractivity contribution in [3.8, 4) is 22.2 Å². The molecule has 0 spiro atoms. The van der Waals surface area contributed by atoms with Gasteiger partial charge in [-0.3, -0.25) is 4.79 Å². The van der Waals surface area contributed by atoms with E-state index in [2.05, 4.69) is 10.3 Å². The fourth-order valence-corrected chi connectivity index (χ4v) is 3.28. The maximum absolute atomic E-state index is 12.5. The zero-order valence-electron chi connectivity index (χ0n) is 14.5. The van der Waals surface area contributed by atoms with Crippen molar-refractivity contribution in [1.29, 1.82) is 0 Å². The monoisotopic (exact) mass is 357 g/mol. The van der Waals surface area contributed by atoms with Crippen LogP contribution in [0.5, 0.6) is 11.5 Å². The minimum Gasteiger partial charge on any atom is -0.497 e. The summed E-state index contributed by atoms with van der Waals surface area (Å²) in [4.78, 5) is 17.0. The predicted molar refractivity (Wildman–Crippen MR) is 98.8 cm³/mol. The number of hydrogen-bond donors (Lipinski definition) is 1. The highest BCUT2D eigenvalue weighted by atomic mass is 32.1. The Balaban J connectivity index is 1.84. The van der Waals surface area contributed by atoms with E-state index in [1.807, 2.05) is 30.7 Å². The van der Waals surface area contributed by atoms with Crippen LogP contribution in [-0.4, -0.2) is 29.7 Å². The highest BCUT2D eigenvalue weighted by Crippen LogP contribution is 2.30. The Morgan fingerprint density at radius 2 is 2.00 bits per heavy atom. The predicted octanol–water partition coefficient (Wildman–Crippen LogP) is 3.73. The highest BCUT2D eigenvalue weighted by Gasteiger charge is 2.16. The van der Waals surface area contributed by atoms with E-state index in [9.17, 15) is 4.79 Å². The lowest BCUT2D eigenvalue weighted by Gasteiger charge is -2.10. The van der Waals surface area contributed by atoms with Gasteiger partial charge in [-0.2, -0.15) is 0 Å². The molecular formula is C18H19N3O3S. The van der Waals surface area contributed by atoms with Crippen LogP contribution >= 0.6 is 11.3 Å². The quantitative estimate of drug-likeness (QED) is 0.756. The van der Waals surface area contributed by atoms with Crippen LogP contribution in [0.4, 0.5) is 5.69 Å². The molecule has 6 nitrogen and oxygen atoms in total. The lowest BCUT2D eigenvalue weighted by atomic mass is 10.2. The molecule has 0 atom stereocenters. The number of aromatic nitrogens is 2. The summed E-state index contributed by atoms with van der Waals surface area (Å²) in [6.07, 6.45) is 0. The summed E-state index contributed by atoms with van der Waals surface area (Å²) >= 11 is 1.44. The zero-order chi connectivity index (χ0) is 18.0. The molecule has 0 aliphatic heterocycles. The number of nitrogens with zero attached hydrogens (tertiary/aromatic N) is 2. The molecule has 3 rings (SSSR count). The fraction of sp³-hybridized carbons (Fsp3) is 0.222. The van der Waals surface area contributed by atoms with Gasteiger partial charge in [-0.1, -0.05) is 0 Å². The van der Waals surface area contributed by atoms with Crippen LogP contribution < -0.4 is 14.8 Å². The van der Waals surface area contributed by atoms with Crippen LogP contribution in [-0.2, 0) is 7.05 Å². The zero-order valence-corrected chi connectivity index (χ0v) is 15.3. The molecule has 25 heavy (non-hydrogen) atoms. The van der Waals surface area contributed by atoms with E-state index >= 15 is 0 Å². The van der Waals surface area contributed by atoms with Gasteiger partial charge in [0.25, 0.3) is 5.91 Å². The average molecular weight is 357 g/mol. The van der Waals surface area contributed by atoms with Gasteiger partial charge >= 0.3 is 0 Å². The van der Waals surface area contributed by atoms with Crippen LogP contribution in [0.25, 0.3) is 10.7 Å². The van der Waals surface area contributed by atoms with Crippen LogP contribution in [0.1, 0.15) is 16.2 Å². The molecular weight excluding hydrogens is 338 g/mol. The molecule has 0 saturated heterocycles. The van der Waals surface area contributed by atoms with Crippen molar-refractivity contribution in [3.63, 3.8) is 0 Å². The van der Waals surface area contributed by atoms with E-state index in [-0.39, 0.29) is 5.91 Å². The molecule has 0 aliphatic rings. The summed E-state index contributed by atoms with van der Waals surface area (Å²) in [6.45, 7) is 2.03. The van der Waals surface area contributed by atoms with Gasteiger partial charge in [0.2, 0.25) is 0 Å². The molecule has 3 aromatic rings. The second kappa shape index (κ2) is 6.98. The first-order valence-electron chi connectivity index (χ1n) is 7.65. The minimum absolute atomic E-state index is 0.292. The second-order valence-electron chi connectivity index (χ2n) is 5.48. The van der Waals surface area contributed by atoms with E-state index in [4.69, 9.17) is 9.47 Å². The van der Waals surface area contributed by atoms with E-state index in [0.717, 1.165) is 16.4 Å². The van der Waals surface area contributed by atoms with Crippen molar-refractivity contribution in [2.75, 3.05) is 19.5 Å². The average Bonchev–Trinajstić information content (AvgIpc) is 3.22. The van der Waals surface area contributed by atoms with E-state index in [1.165, 1.54) is 11.3 Å². The Morgan fingerprint density at radius 3 is 2.64 bits per heavy atom. The molecule has 0 radical (unpaired) electrons. The molecule has 0 unspecified atom stereocenters. The smallest absolute Gasteiger partial charge is 0.275 e. The number of anilines is 1. The molecule has 1 N–H and O–H groups in total. The second-order valence-corrected chi connectivity index (χ2v) is 6.34. The molecule has 1 amide bonds. The number of rotatable bonds is 5. The summed E-state index contributed by atoms with van der Waals surface area (Å²) in [6, 6.07) is 9.25. The number of amides is 1. The van der Waals surface area contributed by atoms with Gasteiger partial charge in [0.15, 0.2) is 0 Å². The van der Waals surface area contributed by atoms with E-state index in [1.54, 1.807) is 37.8 Å². The van der Waals surface area contributed by atoms with Crippen LogP contribution in [0.3, 0.4) is 0 Å². The Labute approximate surface area is 150 Å². The maximum atomic E-state index is 12.5. The summed E-state index contributed by atoms with van der Waals surface area (Å²) < 4.78 is 12.5. The third-order valence-corrected chi connectivity index (χ3v) is 4.85. The molecule has 1 aromatic carbocycles. The van der Waals surface area contributed by atoms with E-state index < -0.39 is 0 Å².